The van der Waals surface area contributed by atoms with Gasteiger partial charge in [0.15, 0.2) is 0 Å². The van der Waals surface area contributed by atoms with Gasteiger partial charge in [0.25, 0.3) is 5.91 Å². The number of para-hydroxylation sites is 1. The van der Waals surface area contributed by atoms with Gasteiger partial charge in [-0.2, -0.15) is 5.10 Å². The van der Waals surface area contributed by atoms with Gasteiger partial charge in [0, 0.05) is 36.9 Å². The molecule has 5 rings (SSSR count). The predicted molar refractivity (Wildman–Crippen MR) is 117 cm³/mol. The average molecular weight is 409 g/mol. The highest BCUT2D eigenvalue weighted by atomic mass is 35.5. The van der Waals surface area contributed by atoms with Crippen molar-refractivity contribution in [1.82, 2.24) is 20.0 Å². The van der Waals surface area contributed by atoms with Crippen LogP contribution in [0, 0.1) is 0 Å². The summed E-state index contributed by atoms with van der Waals surface area (Å²) < 4.78 is 1.82. The molecule has 2 bridgehead atoms. The molecule has 0 spiro atoms. The van der Waals surface area contributed by atoms with Crippen LogP contribution < -0.4 is 5.32 Å². The van der Waals surface area contributed by atoms with Crippen molar-refractivity contribution in [3.8, 4) is 16.9 Å². The van der Waals surface area contributed by atoms with Crippen molar-refractivity contribution in [3.63, 3.8) is 0 Å². The zero-order valence-electron chi connectivity index (χ0n) is 16.2. The molecule has 1 aromatic heterocycles. The van der Waals surface area contributed by atoms with Crippen LogP contribution >= 0.6 is 12.4 Å². The van der Waals surface area contributed by atoms with Crippen LogP contribution in [0.25, 0.3) is 16.9 Å². The fourth-order valence-corrected chi connectivity index (χ4v) is 4.35. The average Bonchev–Trinajstić information content (AvgIpc) is 3.32. The van der Waals surface area contributed by atoms with Gasteiger partial charge in [0.05, 0.1) is 11.3 Å². The number of benzene rings is 2. The van der Waals surface area contributed by atoms with E-state index in [0.717, 1.165) is 42.9 Å². The highest BCUT2D eigenvalue weighted by molar-refractivity contribution is 6.00. The van der Waals surface area contributed by atoms with Crippen molar-refractivity contribution in [3.05, 3.63) is 72.4 Å². The second kappa shape index (κ2) is 8.39. The Kier molecular flexibility index (Phi) is 5.69. The molecule has 2 atom stereocenters. The first-order valence-corrected chi connectivity index (χ1v) is 10.0. The summed E-state index contributed by atoms with van der Waals surface area (Å²) in [7, 11) is 0. The lowest BCUT2D eigenvalue weighted by molar-refractivity contribution is 0.0749. The maximum Gasteiger partial charge on any atom is 0.257 e. The molecule has 5 nitrogen and oxygen atoms in total. The van der Waals surface area contributed by atoms with Crippen LogP contribution in [0.5, 0.6) is 0 Å². The molecule has 2 saturated heterocycles. The van der Waals surface area contributed by atoms with E-state index in [0.29, 0.717) is 17.6 Å². The number of halogens is 1. The summed E-state index contributed by atoms with van der Waals surface area (Å²) in [6, 6.07) is 20.9. The van der Waals surface area contributed by atoms with Crippen LogP contribution in [0.2, 0.25) is 0 Å². The number of amides is 1. The molecule has 2 unspecified atom stereocenters. The number of rotatable bonds is 3. The molecule has 1 N–H and O–H groups in total. The largest absolute Gasteiger partial charge is 0.337 e. The second-order valence-electron chi connectivity index (χ2n) is 7.72. The van der Waals surface area contributed by atoms with E-state index in [9.17, 15) is 4.79 Å². The van der Waals surface area contributed by atoms with Gasteiger partial charge in [-0.25, -0.2) is 4.68 Å². The number of likely N-dealkylation sites (tertiary alicyclic amines) is 1. The monoisotopic (exact) mass is 408 g/mol. The number of fused-ring (bicyclic) bond motifs is 2. The van der Waals surface area contributed by atoms with E-state index in [1.165, 1.54) is 6.42 Å². The molecule has 1 amide bonds. The molecule has 3 aromatic rings. The lowest BCUT2D eigenvalue weighted by atomic mass is 10.1. The summed E-state index contributed by atoms with van der Waals surface area (Å²) in [4.78, 5) is 15.5. The Morgan fingerprint density at radius 3 is 2.38 bits per heavy atom. The van der Waals surface area contributed by atoms with Crippen molar-refractivity contribution >= 4 is 18.3 Å². The molecule has 2 aromatic carbocycles. The van der Waals surface area contributed by atoms with Crippen molar-refractivity contribution < 1.29 is 4.79 Å². The smallest absolute Gasteiger partial charge is 0.257 e. The van der Waals surface area contributed by atoms with Gasteiger partial charge in [-0.3, -0.25) is 4.79 Å². The van der Waals surface area contributed by atoms with Crippen LogP contribution in [-0.2, 0) is 0 Å². The van der Waals surface area contributed by atoms with Gasteiger partial charge in [0.2, 0.25) is 0 Å². The van der Waals surface area contributed by atoms with Crippen LogP contribution in [0.4, 0.5) is 0 Å². The van der Waals surface area contributed by atoms with Crippen molar-refractivity contribution in [2.24, 2.45) is 0 Å². The van der Waals surface area contributed by atoms with Gasteiger partial charge in [0.1, 0.15) is 5.69 Å². The summed E-state index contributed by atoms with van der Waals surface area (Å²) in [6.07, 6.45) is 5.30. The third-order valence-electron chi connectivity index (χ3n) is 5.82. The number of hydrogen-bond acceptors (Lipinski definition) is 3. The molecule has 150 valence electrons. The van der Waals surface area contributed by atoms with Crippen molar-refractivity contribution in [2.75, 3.05) is 13.1 Å². The molecular formula is C23H25ClN4O. The SMILES string of the molecule is Cl.O=C(c1cn(-c2ccccc2)nc1-c1ccccc1)N1CCC2CCC(C1)N2. The van der Waals surface area contributed by atoms with E-state index < -0.39 is 0 Å². The third-order valence-corrected chi connectivity index (χ3v) is 5.82. The lowest BCUT2D eigenvalue weighted by Gasteiger charge is -2.24. The Bertz CT molecular complexity index is 973. The minimum Gasteiger partial charge on any atom is -0.337 e. The number of aromatic nitrogens is 2. The number of carbonyl (C=O) groups excluding carboxylic acids is 1. The van der Waals surface area contributed by atoms with E-state index >= 15 is 0 Å². The van der Waals surface area contributed by atoms with E-state index in [-0.39, 0.29) is 18.3 Å². The highest BCUT2D eigenvalue weighted by Crippen LogP contribution is 2.27. The Morgan fingerprint density at radius 1 is 0.931 bits per heavy atom. The topological polar surface area (TPSA) is 50.2 Å². The predicted octanol–water partition coefficient (Wildman–Crippen LogP) is 3.93. The summed E-state index contributed by atoms with van der Waals surface area (Å²) in [6.45, 7) is 1.58. The summed E-state index contributed by atoms with van der Waals surface area (Å²) >= 11 is 0. The third kappa shape index (κ3) is 3.93. The van der Waals surface area contributed by atoms with Gasteiger partial charge < -0.3 is 10.2 Å². The van der Waals surface area contributed by atoms with Gasteiger partial charge in [-0.15, -0.1) is 12.4 Å². The molecule has 0 aliphatic carbocycles. The van der Waals surface area contributed by atoms with Crippen LogP contribution in [0.1, 0.15) is 29.6 Å². The lowest BCUT2D eigenvalue weighted by Crippen LogP contribution is -2.39. The molecule has 0 radical (unpaired) electrons. The summed E-state index contributed by atoms with van der Waals surface area (Å²) in [5.41, 5.74) is 3.34. The Hall–Kier alpha value is -2.63. The summed E-state index contributed by atoms with van der Waals surface area (Å²) in [5.74, 6) is 0.0791. The quantitative estimate of drug-likeness (QED) is 0.714. The Labute approximate surface area is 177 Å². The first-order chi connectivity index (χ1) is 13.8. The molecule has 6 heteroatoms. The molecule has 2 aliphatic heterocycles. The zero-order chi connectivity index (χ0) is 18.9. The summed E-state index contributed by atoms with van der Waals surface area (Å²) in [5, 5.41) is 8.44. The number of carbonyl (C=O) groups is 1. The number of hydrogen-bond donors (Lipinski definition) is 1. The highest BCUT2D eigenvalue weighted by Gasteiger charge is 2.33. The minimum atomic E-state index is 0. The zero-order valence-corrected chi connectivity index (χ0v) is 17.0. The van der Waals surface area contributed by atoms with Crippen LogP contribution in [0.15, 0.2) is 66.9 Å². The van der Waals surface area contributed by atoms with Gasteiger partial charge >= 0.3 is 0 Å². The number of nitrogens with zero attached hydrogens (tertiary/aromatic N) is 3. The minimum absolute atomic E-state index is 0. The maximum atomic E-state index is 13.5. The fourth-order valence-electron chi connectivity index (χ4n) is 4.35. The Morgan fingerprint density at radius 2 is 1.62 bits per heavy atom. The van der Waals surface area contributed by atoms with Crippen LogP contribution in [0.3, 0.4) is 0 Å². The molecular weight excluding hydrogens is 384 g/mol. The molecule has 2 aliphatic rings. The van der Waals surface area contributed by atoms with E-state index in [1.54, 1.807) is 0 Å². The first-order valence-electron chi connectivity index (χ1n) is 10.0. The molecule has 2 fully saturated rings. The van der Waals surface area contributed by atoms with Gasteiger partial charge in [-0.05, 0) is 31.4 Å². The number of nitrogens with one attached hydrogen (secondary N) is 1. The standard InChI is InChI=1S/C23H24N4O.ClH/c28-23(26-14-13-18-11-12-19(15-26)24-18)21-16-27(20-9-5-2-6-10-20)25-22(21)17-7-3-1-4-8-17;/h1-10,16,18-19,24H,11-15H2;1H. The van der Waals surface area contributed by atoms with Gasteiger partial charge in [-0.1, -0.05) is 48.5 Å². The van der Waals surface area contributed by atoms with Crippen molar-refractivity contribution in [1.29, 1.82) is 0 Å². The molecule has 3 heterocycles. The first kappa shape index (κ1) is 19.7. The van der Waals surface area contributed by atoms with Crippen molar-refractivity contribution in [2.45, 2.75) is 31.3 Å². The maximum absolute atomic E-state index is 13.5. The Balaban J connectivity index is 0.00000205. The normalized spacial score (nSPS) is 20.8. The molecule has 29 heavy (non-hydrogen) atoms. The van der Waals surface area contributed by atoms with E-state index in [1.807, 2.05) is 76.4 Å². The van der Waals surface area contributed by atoms with E-state index in [2.05, 4.69) is 5.32 Å². The fraction of sp³-hybridized carbons (Fsp3) is 0.304. The molecule has 0 saturated carbocycles. The second-order valence-corrected chi connectivity index (χ2v) is 7.72. The van der Waals surface area contributed by atoms with E-state index in [4.69, 9.17) is 5.10 Å². The van der Waals surface area contributed by atoms with Crippen LogP contribution in [-0.4, -0.2) is 45.8 Å².